The van der Waals surface area contributed by atoms with E-state index in [1.807, 2.05) is 0 Å². The summed E-state index contributed by atoms with van der Waals surface area (Å²) < 4.78 is 0. The van der Waals surface area contributed by atoms with Crippen LogP contribution in [-0.4, -0.2) is 47.6 Å². The maximum absolute atomic E-state index is 2.83. The van der Waals surface area contributed by atoms with Gasteiger partial charge in [0, 0.05) is 24.2 Å². The first-order valence-corrected chi connectivity index (χ1v) is 10.8. The van der Waals surface area contributed by atoms with Crippen LogP contribution in [0.5, 0.6) is 0 Å². The van der Waals surface area contributed by atoms with Gasteiger partial charge in [0.1, 0.15) is 0 Å². The summed E-state index contributed by atoms with van der Waals surface area (Å²) >= 11 is 0. The Labute approximate surface area is 152 Å². The first-order chi connectivity index (χ1) is 11.3. The van der Waals surface area contributed by atoms with Crippen LogP contribution in [0.15, 0.2) is 0 Å². The molecule has 2 aliphatic rings. The predicted octanol–water partition coefficient (Wildman–Crippen LogP) is 5.57. The van der Waals surface area contributed by atoms with Gasteiger partial charge in [-0.3, -0.25) is 9.80 Å². The van der Waals surface area contributed by atoms with Crippen molar-refractivity contribution in [3.05, 3.63) is 0 Å². The molecular weight excluding hydrogens is 292 g/mol. The zero-order chi connectivity index (χ0) is 17.8. The molecule has 3 atom stereocenters. The van der Waals surface area contributed by atoms with Crippen LogP contribution < -0.4 is 0 Å². The van der Waals surface area contributed by atoms with Gasteiger partial charge in [0.05, 0.1) is 0 Å². The van der Waals surface area contributed by atoms with E-state index in [1.54, 1.807) is 0 Å². The Balaban J connectivity index is 1.97. The van der Waals surface area contributed by atoms with E-state index < -0.39 is 0 Å². The normalized spacial score (nSPS) is 34.8. The average molecular weight is 337 g/mol. The fourth-order valence-corrected chi connectivity index (χ4v) is 5.90. The van der Waals surface area contributed by atoms with Crippen molar-refractivity contribution in [2.75, 3.05) is 26.7 Å². The monoisotopic (exact) mass is 336 g/mol. The zero-order valence-corrected chi connectivity index (χ0v) is 17.5. The molecule has 2 rings (SSSR count). The molecule has 3 unspecified atom stereocenters. The molecule has 1 saturated carbocycles. The van der Waals surface area contributed by atoms with Crippen molar-refractivity contribution < 1.29 is 0 Å². The Kier molecular flexibility index (Phi) is 7.20. The number of rotatable bonds is 7. The number of unbranched alkanes of at least 4 members (excludes halogenated alkanes) is 5. The van der Waals surface area contributed by atoms with Crippen molar-refractivity contribution in [1.82, 2.24) is 9.80 Å². The third-order valence-corrected chi connectivity index (χ3v) is 7.39. The van der Waals surface area contributed by atoms with Crippen molar-refractivity contribution in [3.8, 4) is 0 Å². The lowest BCUT2D eigenvalue weighted by Gasteiger charge is -2.46. The predicted molar refractivity (Wildman–Crippen MR) is 107 cm³/mol. The smallest absolute Gasteiger partial charge is 0.0280 e. The quantitative estimate of drug-likeness (QED) is 0.561. The van der Waals surface area contributed by atoms with Crippen LogP contribution in [0.25, 0.3) is 0 Å². The number of likely N-dealkylation sites (N-methyl/N-ethyl adjacent to an activating group) is 1. The maximum Gasteiger partial charge on any atom is 0.0280 e. The molecule has 0 aromatic rings. The molecule has 0 radical (unpaired) electrons. The molecule has 142 valence electrons. The standard InChI is InChI=1S/C22H44N2/c1-7-8-9-10-11-12-16-24-17-20(3)22(15-13-14-19(22)2)23(6)18-21(24,4)5/h19-20H,7-18H2,1-6H3. The second-order valence-electron chi connectivity index (χ2n) is 9.57. The summed E-state index contributed by atoms with van der Waals surface area (Å²) in [6.45, 7) is 16.1. The Hall–Kier alpha value is -0.0800. The summed E-state index contributed by atoms with van der Waals surface area (Å²) in [6.07, 6.45) is 12.7. The lowest BCUT2D eigenvalue weighted by atomic mass is 9.76. The Bertz CT molecular complexity index is 378. The van der Waals surface area contributed by atoms with Gasteiger partial charge in [0.25, 0.3) is 0 Å². The zero-order valence-electron chi connectivity index (χ0n) is 17.5. The molecule has 1 aliphatic heterocycles. The third-order valence-electron chi connectivity index (χ3n) is 7.39. The molecule has 2 heteroatoms. The molecule has 1 aliphatic carbocycles. The molecule has 1 spiro atoms. The van der Waals surface area contributed by atoms with Crippen molar-refractivity contribution in [3.63, 3.8) is 0 Å². The first-order valence-electron chi connectivity index (χ1n) is 10.8. The number of nitrogens with zero attached hydrogens (tertiary/aromatic N) is 2. The molecule has 1 heterocycles. The fraction of sp³-hybridized carbons (Fsp3) is 1.00. The highest BCUT2D eigenvalue weighted by Crippen LogP contribution is 2.47. The van der Waals surface area contributed by atoms with E-state index in [4.69, 9.17) is 0 Å². The molecule has 0 aromatic heterocycles. The molecule has 24 heavy (non-hydrogen) atoms. The summed E-state index contributed by atoms with van der Waals surface area (Å²) in [4.78, 5) is 5.59. The van der Waals surface area contributed by atoms with Gasteiger partial charge in [-0.25, -0.2) is 0 Å². The number of hydrogen-bond acceptors (Lipinski definition) is 2. The number of hydrogen-bond donors (Lipinski definition) is 0. The van der Waals surface area contributed by atoms with Crippen LogP contribution in [0.2, 0.25) is 0 Å². The van der Waals surface area contributed by atoms with Crippen LogP contribution >= 0.6 is 0 Å². The highest BCUT2D eigenvalue weighted by atomic mass is 15.3. The van der Waals surface area contributed by atoms with Gasteiger partial charge < -0.3 is 0 Å². The van der Waals surface area contributed by atoms with E-state index >= 15 is 0 Å². The highest BCUT2D eigenvalue weighted by Gasteiger charge is 2.51. The second kappa shape index (κ2) is 8.54. The fourth-order valence-electron chi connectivity index (χ4n) is 5.90. The summed E-state index contributed by atoms with van der Waals surface area (Å²) in [5.41, 5.74) is 0.755. The summed E-state index contributed by atoms with van der Waals surface area (Å²) in [5, 5.41) is 0. The Morgan fingerprint density at radius 2 is 1.62 bits per heavy atom. The Morgan fingerprint density at radius 1 is 0.958 bits per heavy atom. The summed E-state index contributed by atoms with van der Waals surface area (Å²) in [7, 11) is 2.41. The Morgan fingerprint density at radius 3 is 2.25 bits per heavy atom. The average Bonchev–Trinajstić information content (AvgIpc) is 2.88. The first kappa shape index (κ1) is 20.2. The highest BCUT2D eigenvalue weighted by molar-refractivity contribution is 5.07. The van der Waals surface area contributed by atoms with E-state index in [-0.39, 0.29) is 0 Å². The topological polar surface area (TPSA) is 6.48 Å². The van der Waals surface area contributed by atoms with E-state index in [0.717, 1.165) is 11.8 Å². The third kappa shape index (κ3) is 4.18. The van der Waals surface area contributed by atoms with Crippen molar-refractivity contribution in [2.24, 2.45) is 11.8 Å². The van der Waals surface area contributed by atoms with E-state index in [0.29, 0.717) is 11.1 Å². The molecule has 1 saturated heterocycles. The van der Waals surface area contributed by atoms with Crippen LogP contribution in [-0.2, 0) is 0 Å². The minimum Gasteiger partial charge on any atom is -0.298 e. The van der Waals surface area contributed by atoms with E-state index in [9.17, 15) is 0 Å². The molecule has 2 nitrogen and oxygen atoms in total. The van der Waals surface area contributed by atoms with Gasteiger partial charge in [-0.1, -0.05) is 59.3 Å². The van der Waals surface area contributed by atoms with E-state index in [1.165, 1.54) is 77.4 Å². The maximum atomic E-state index is 2.83. The van der Waals surface area contributed by atoms with Gasteiger partial charge in [-0.05, 0) is 58.5 Å². The largest absolute Gasteiger partial charge is 0.298 e. The molecular formula is C22H44N2. The van der Waals surface area contributed by atoms with Crippen LogP contribution in [0.4, 0.5) is 0 Å². The minimum atomic E-state index is 0.304. The SMILES string of the molecule is CCCCCCCCN1CC(C)C2(CCCC2C)N(C)CC1(C)C. The van der Waals surface area contributed by atoms with Gasteiger partial charge in [0.15, 0.2) is 0 Å². The second-order valence-corrected chi connectivity index (χ2v) is 9.57. The molecule has 0 N–H and O–H groups in total. The molecule has 0 amide bonds. The van der Waals surface area contributed by atoms with Gasteiger partial charge in [0.2, 0.25) is 0 Å². The van der Waals surface area contributed by atoms with Crippen molar-refractivity contribution >= 4 is 0 Å². The van der Waals surface area contributed by atoms with E-state index in [2.05, 4.69) is 51.5 Å². The molecule has 0 bridgehead atoms. The summed E-state index contributed by atoms with van der Waals surface area (Å²) in [5.74, 6) is 1.63. The molecule has 0 aromatic carbocycles. The van der Waals surface area contributed by atoms with Gasteiger partial charge >= 0.3 is 0 Å². The van der Waals surface area contributed by atoms with Crippen LogP contribution in [0, 0.1) is 11.8 Å². The van der Waals surface area contributed by atoms with Gasteiger partial charge in [-0.2, -0.15) is 0 Å². The van der Waals surface area contributed by atoms with Crippen molar-refractivity contribution in [2.45, 2.75) is 103 Å². The minimum absolute atomic E-state index is 0.304. The molecule has 2 fully saturated rings. The van der Waals surface area contributed by atoms with Crippen molar-refractivity contribution in [1.29, 1.82) is 0 Å². The lowest BCUT2D eigenvalue weighted by Crippen LogP contribution is -2.55. The summed E-state index contributed by atoms with van der Waals surface area (Å²) in [6, 6.07) is 0. The lowest BCUT2D eigenvalue weighted by molar-refractivity contribution is 0.0382. The van der Waals surface area contributed by atoms with Gasteiger partial charge in [-0.15, -0.1) is 0 Å². The van der Waals surface area contributed by atoms with Crippen LogP contribution in [0.1, 0.15) is 92.4 Å². The van der Waals surface area contributed by atoms with Crippen LogP contribution in [0.3, 0.4) is 0 Å².